The molecule has 0 aliphatic carbocycles. The Kier molecular flexibility index (Phi) is 8.10. The van der Waals surface area contributed by atoms with Gasteiger partial charge in [0.2, 0.25) is 0 Å². The molecule has 162 valence electrons. The third kappa shape index (κ3) is 5.99. The maximum Gasteiger partial charge on any atom is 0.274 e. The molecule has 3 aromatic rings. The molecule has 0 radical (unpaired) electrons. The van der Waals surface area contributed by atoms with E-state index in [0.29, 0.717) is 30.9 Å². The molecule has 10 heteroatoms. The van der Waals surface area contributed by atoms with Gasteiger partial charge in [0.05, 0.1) is 43.0 Å². The molecule has 3 rings (SSSR count). The molecule has 0 aliphatic rings. The summed E-state index contributed by atoms with van der Waals surface area (Å²) in [6, 6.07) is 13.8. The predicted octanol–water partition coefficient (Wildman–Crippen LogP) is 6.76. The second-order valence-electron chi connectivity index (χ2n) is 6.36. The molecular formula is C22H12BrCl3FN3O2. The van der Waals surface area contributed by atoms with Gasteiger partial charge in [0, 0.05) is 0 Å². The number of ether oxygens (including phenoxy) is 1. The lowest BCUT2D eigenvalue weighted by atomic mass is 10.1. The van der Waals surface area contributed by atoms with Gasteiger partial charge in [0.1, 0.15) is 12.4 Å². The Balaban J connectivity index is 1.66. The van der Waals surface area contributed by atoms with Crippen molar-refractivity contribution < 1.29 is 13.9 Å². The van der Waals surface area contributed by atoms with Crippen LogP contribution in [-0.4, -0.2) is 12.1 Å². The van der Waals surface area contributed by atoms with Crippen LogP contribution >= 0.6 is 50.7 Å². The van der Waals surface area contributed by atoms with E-state index in [1.807, 2.05) is 0 Å². The summed E-state index contributed by atoms with van der Waals surface area (Å²) in [4.78, 5) is 12.1. The zero-order chi connectivity index (χ0) is 23.3. The van der Waals surface area contributed by atoms with Crippen LogP contribution in [0.15, 0.2) is 58.1 Å². The quantitative estimate of drug-likeness (QED) is 0.270. The van der Waals surface area contributed by atoms with Crippen LogP contribution in [0.4, 0.5) is 4.39 Å². The first-order chi connectivity index (χ1) is 15.3. The van der Waals surface area contributed by atoms with E-state index in [-0.39, 0.29) is 17.7 Å². The topological polar surface area (TPSA) is 74.5 Å². The fraction of sp³-hybridized carbons (Fsp3) is 0.0455. The van der Waals surface area contributed by atoms with Crippen LogP contribution in [0.1, 0.15) is 27.0 Å². The number of nitriles is 1. The average Bonchev–Trinajstić information content (AvgIpc) is 2.75. The highest BCUT2D eigenvalue weighted by Crippen LogP contribution is 2.35. The standard InChI is InChI=1S/C22H12BrCl3FN3O2/c23-16-5-14(10-29-30-22(31)15-3-1-12(9-28)8-20(15)27)7-19(26)21(16)32-11-13-2-4-17(24)18(25)6-13/h1-8,10H,11H2,(H,30,31)/b29-10-. The number of hydrazone groups is 1. The lowest BCUT2D eigenvalue weighted by Gasteiger charge is -2.11. The minimum absolute atomic E-state index is 0.114. The third-order valence-corrected chi connectivity index (χ3v) is 5.72. The third-order valence-electron chi connectivity index (χ3n) is 4.11. The normalized spacial score (nSPS) is 10.8. The van der Waals surface area contributed by atoms with Crippen molar-refractivity contribution in [2.75, 3.05) is 0 Å². The Bertz CT molecular complexity index is 1240. The Labute approximate surface area is 206 Å². The number of amides is 1. The van der Waals surface area contributed by atoms with Gasteiger partial charge in [-0.3, -0.25) is 4.79 Å². The van der Waals surface area contributed by atoms with Gasteiger partial charge in [-0.15, -0.1) is 0 Å². The lowest BCUT2D eigenvalue weighted by molar-refractivity contribution is 0.0951. The Hall–Kier alpha value is -2.63. The zero-order valence-corrected chi connectivity index (χ0v) is 19.9. The van der Waals surface area contributed by atoms with E-state index < -0.39 is 11.7 Å². The van der Waals surface area contributed by atoms with E-state index in [1.165, 1.54) is 18.3 Å². The number of rotatable bonds is 6. The molecular weight excluding hydrogens is 544 g/mol. The number of hydrogen-bond acceptors (Lipinski definition) is 4. The predicted molar refractivity (Wildman–Crippen MR) is 126 cm³/mol. The van der Waals surface area contributed by atoms with Crippen LogP contribution in [0.3, 0.4) is 0 Å². The molecule has 0 spiro atoms. The van der Waals surface area contributed by atoms with Crippen molar-refractivity contribution in [2.24, 2.45) is 5.10 Å². The second kappa shape index (κ2) is 10.8. The summed E-state index contributed by atoms with van der Waals surface area (Å²) < 4.78 is 20.3. The van der Waals surface area contributed by atoms with Crippen LogP contribution in [0, 0.1) is 17.1 Å². The smallest absolute Gasteiger partial charge is 0.274 e. The number of carbonyl (C=O) groups is 1. The van der Waals surface area contributed by atoms with E-state index in [9.17, 15) is 9.18 Å². The van der Waals surface area contributed by atoms with Crippen LogP contribution in [-0.2, 0) is 6.61 Å². The summed E-state index contributed by atoms with van der Waals surface area (Å²) in [7, 11) is 0. The van der Waals surface area contributed by atoms with Crippen molar-refractivity contribution in [1.29, 1.82) is 5.26 Å². The minimum Gasteiger partial charge on any atom is -0.486 e. The molecule has 0 aliphatic heterocycles. The zero-order valence-electron chi connectivity index (χ0n) is 16.0. The molecule has 1 amide bonds. The molecule has 0 aromatic heterocycles. The van der Waals surface area contributed by atoms with Gasteiger partial charge in [-0.2, -0.15) is 10.4 Å². The van der Waals surface area contributed by atoms with Gasteiger partial charge in [-0.05, 0) is 69.5 Å². The largest absolute Gasteiger partial charge is 0.486 e. The molecule has 1 N–H and O–H groups in total. The Morgan fingerprint density at radius 1 is 1.12 bits per heavy atom. The first-order valence-electron chi connectivity index (χ1n) is 8.87. The van der Waals surface area contributed by atoms with Crippen molar-refractivity contribution in [3.63, 3.8) is 0 Å². The number of halogens is 5. The van der Waals surface area contributed by atoms with Crippen molar-refractivity contribution in [2.45, 2.75) is 6.61 Å². The van der Waals surface area contributed by atoms with E-state index in [0.717, 1.165) is 11.6 Å². The number of benzene rings is 3. The monoisotopic (exact) mass is 553 g/mol. The number of carbonyl (C=O) groups excluding carboxylic acids is 1. The van der Waals surface area contributed by atoms with Gasteiger partial charge in [-0.25, -0.2) is 9.82 Å². The molecule has 0 saturated heterocycles. The molecule has 0 atom stereocenters. The number of nitrogens with one attached hydrogen (secondary N) is 1. The maximum absolute atomic E-state index is 13.9. The molecule has 0 unspecified atom stereocenters. The first kappa shape index (κ1) is 24.0. The van der Waals surface area contributed by atoms with Crippen LogP contribution in [0.2, 0.25) is 15.1 Å². The number of hydrogen-bond donors (Lipinski definition) is 1. The van der Waals surface area contributed by atoms with Crippen LogP contribution in [0.25, 0.3) is 0 Å². The molecule has 5 nitrogen and oxygen atoms in total. The number of nitrogens with zero attached hydrogens (tertiary/aromatic N) is 2. The SMILES string of the molecule is N#Cc1ccc(C(=O)N/N=C\c2cc(Cl)c(OCc3ccc(Cl)c(Cl)c3)c(Br)c2)c(F)c1. The highest BCUT2D eigenvalue weighted by molar-refractivity contribution is 9.10. The Morgan fingerprint density at radius 3 is 2.56 bits per heavy atom. The molecule has 0 saturated carbocycles. The second-order valence-corrected chi connectivity index (χ2v) is 8.43. The average molecular weight is 556 g/mol. The van der Waals surface area contributed by atoms with Gasteiger partial charge < -0.3 is 4.74 Å². The van der Waals surface area contributed by atoms with Gasteiger partial charge in [0.25, 0.3) is 5.91 Å². The summed E-state index contributed by atoms with van der Waals surface area (Å²) in [5.74, 6) is -1.15. The molecule has 32 heavy (non-hydrogen) atoms. The van der Waals surface area contributed by atoms with Crippen molar-refractivity contribution >= 4 is 62.9 Å². The van der Waals surface area contributed by atoms with Crippen molar-refractivity contribution in [3.8, 4) is 11.8 Å². The minimum atomic E-state index is -0.814. The van der Waals surface area contributed by atoms with Crippen molar-refractivity contribution in [1.82, 2.24) is 5.43 Å². The van der Waals surface area contributed by atoms with E-state index in [1.54, 1.807) is 36.4 Å². The van der Waals surface area contributed by atoms with Gasteiger partial charge in [0.15, 0.2) is 5.75 Å². The summed E-state index contributed by atoms with van der Waals surface area (Å²) in [6.07, 6.45) is 1.35. The first-order valence-corrected chi connectivity index (χ1v) is 10.8. The maximum atomic E-state index is 13.9. The van der Waals surface area contributed by atoms with Crippen LogP contribution in [0.5, 0.6) is 5.75 Å². The van der Waals surface area contributed by atoms with Crippen LogP contribution < -0.4 is 10.2 Å². The summed E-state index contributed by atoms with van der Waals surface area (Å²) >= 11 is 21.6. The highest BCUT2D eigenvalue weighted by Gasteiger charge is 2.12. The molecule has 3 aromatic carbocycles. The van der Waals surface area contributed by atoms with E-state index >= 15 is 0 Å². The fourth-order valence-electron chi connectivity index (χ4n) is 2.57. The van der Waals surface area contributed by atoms with Gasteiger partial charge >= 0.3 is 0 Å². The highest BCUT2D eigenvalue weighted by atomic mass is 79.9. The lowest BCUT2D eigenvalue weighted by Crippen LogP contribution is -2.19. The summed E-state index contributed by atoms with van der Waals surface area (Å²) in [5.41, 5.74) is 3.49. The van der Waals surface area contributed by atoms with Gasteiger partial charge in [-0.1, -0.05) is 40.9 Å². The summed E-state index contributed by atoms with van der Waals surface area (Å²) in [5, 5.41) is 13.8. The van der Waals surface area contributed by atoms with Crippen molar-refractivity contribution in [3.05, 3.63) is 96.1 Å². The summed E-state index contributed by atoms with van der Waals surface area (Å²) in [6.45, 7) is 0.217. The molecule has 0 fully saturated rings. The molecule has 0 bridgehead atoms. The van der Waals surface area contributed by atoms with E-state index in [2.05, 4.69) is 26.5 Å². The fourth-order valence-corrected chi connectivity index (χ4v) is 3.88. The molecule has 0 heterocycles. The van der Waals surface area contributed by atoms with E-state index in [4.69, 9.17) is 44.8 Å². The Morgan fingerprint density at radius 2 is 1.91 bits per heavy atom.